The van der Waals surface area contributed by atoms with Crippen LogP contribution in [0.15, 0.2) is 6.07 Å². The van der Waals surface area contributed by atoms with E-state index in [0.29, 0.717) is 12.3 Å². The van der Waals surface area contributed by atoms with Gasteiger partial charge in [0, 0.05) is 25.1 Å². The molecule has 1 unspecified atom stereocenters. The molecule has 0 saturated heterocycles. The predicted octanol–water partition coefficient (Wildman–Crippen LogP) is 3.00. The van der Waals surface area contributed by atoms with Crippen molar-refractivity contribution in [3.63, 3.8) is 0 Å². The zero-order chi connectivity index (χ0) is 16.4. The highest BCUT2D eigenvalue weighted by Crippen LogP contribution is 2.30. The van der Waals surface area contributed by atoms with Gasteiger partial charge in [0.2, 0.25) is 0 Å². The summed E-state index contributed by atoms with van der Waals surface area (Å²) in [6, 6.07) is 2.02. The molecule has 1 aliphatic rings. The molecule has 0 radical (unpaired) electrons. The van der Waals surface area contributed by atoms with Crippen LogP contribution in [0.25, 0.3) is 10.2 Å². The fourth-order valence-corrected chi connectivity index (χ4v) is 4.68. The van der Waals surface area contributed by atoms with E-state index in [1.807, 2.05) is 24.7 Å². The van der Waals surface area contributed by atoms with E-state index in [1.165, 1.54) is 30.6 Å². The molecular formula is C17H25N3O2S. The number of fused-ring (bicyclic) bond motifs is 1. The fourth-order valence-electron chi connectivity index (χ4n) is 3.66. The molecule has 0 bridgehead atoms. The number of rotatable bonds is 5. The van der Waals surface area contributed by atoms with E-state index in [0.717, 1.165) is 33.6 Å². The average molecular weight is 335 g/mol. The van der Waals surface area contributed by atoms with E-state index in [1.54, 1.807) is 0 Å². The summed E-state index contributed by atoms with van der Waals surface area (Å²) in [7, 11) is 1.91. The van der Waals surface area contributed by atoms with Gasteiger partial charge in [0.05, 0.1) is 10.6 Å². The summed E-state index contributed by atoms with van der Waals surface area (Å²) in [5.41, 5.74) is 0.956. The standard InChI is InChI=1S/C17H25N3O2S/c1-11-13-10-15(23-17(13)20(2)19-11)16(22)18-14(8-9-21)12-6-4-3-5-7-12/h10,12,14,21H,3-9H2,1-2H3,(H,18,22). The molecular weight excluding hydrogens is 310 g/mol. The molecule has 1 amide bonds. The zero-order valence-corrected chi connectivity index (χ0v) is 14.7. The van der Waals surface area contributed by atoms with Crippen LogP contribution in [0.4, 0.5) is 0 Å². The first kappa shape index (κ1) is 16.5. The molecule has 1 fully saturated rings. The van der Waals surface area contributed by atoms with Crippen molar-refractivity contribution in [1.29, 1.82) is 0 Å². The van der Waals surface area contributed by atoms with Crippen molar-refractivity contribution in [1.82, 2.24) is 15.1 Å². The van der Waals surface area contributed by atoms with Crippen LogP contribution in [0.5, 0.6) is 0 Å². The van der Waals surface area contributed by atoms with E-state index in [4.69, 9.17) is 0 Å². The fraction of sp³-hybridized carbons (Fsp3) is 0.647. The van der Waals surface area contributed by atoms with Crippen molar-refractivity contribution < 1.29 is 9.90 Å². The van der Waals surface area contributed by atoms with Crippen LogP contribution in [-0.4, -0.2) is 33.4 Å². The van der Waals surface area contributed by atoms with Crippen LogP contribution in [0.3, 0.4) is 0 Å². The molecule has 23 heavy (non-hydrogen) atoms. The molecule has 0 aromatic carbocycles. The molecule has 1 aliphatic carbocycles. The Balaban J connectivity index is 1.75. The lowest BCUT2D eigenvalue weighted by atomic mass is 9.82. The highest BCUT2D eigenvalue weighted by molar-refractivity contribution is 7.20. The van der Waals surface area contributed by atoms with Gasteiger partial charge >= 0.3 is 0 Å². The van der Waals surface area contributed by atoms with Crippen molar-refractivity contribution in [3.05, 3.63) is 16.6 Å². The van der Waals surface area contributed by atoms with Gasteiger partial charge in [0.15, 0.2) is 0 Å². The largest absolute Gasteiger partial charge is 0.396 e. The van der Waals surface area contributed by atoms with Gasteiger partial charge in [-0.1, -0.05) is 19.3 Å². The van der Waals surface area contributed by atoms with E-state index < -0.39 is 0 Å². The normalized spacial score (nSPS) is 17.5. The van der Waals surface area contributed by atoms with Gasteiger partial charge in [-0.25, -0.2) is 0 Å². The third-order valence-electron chi connectivity index (χ3n) is 4.90. The van der Waals surface area contributed by atoms with E-state index in [-0.39, 0.29) is 18.6 Å². The van der Waals surface area contributed by atoms with Gasteiger partial charge in [-0.3, -0.25) is 9.48 Å². The maximum absolute atomic E-state index is 12.7. The number of aromatic nitrogens is 2. The van der Waals surface area contributed by atoms with E-state index >= 15 is 0 Å². The number of hydrogen-bond donors (Lipinski definition) is 2. The summed E-state index contributed by atoms with van der Waals surface area (Å²) >= 11 is 1.49. The number of aryl methyl sites for hydroxylation is 2. The number of nitrogens with zero attached hydrogens (tertiary/aromatic N) is 2. The average Bonchev–Trinajstić information content (AvgIpc) is 3.10. The van der Waals surface area contributed by atoms with Crippen LogP contribution in [0.2, 0.25) is 0 Å². The van der Waals surface area contributed by atoms with Crippen LogP contribution in [-0.2, 0) is 7.05 Å². The Bertz CT molecular complexity index is 651. The Morgan fingerprint density at radius 2 is 2.22 bits per heavy atom. The van der Waals surface area contributed by atoms with Gasteiger partial charge in [-0.15, -0.1) is 11.3 Å². The summed E-state index contributed by atoms with van der Waals surface area (Å²) in [6.07, 6.45) is 6.70. The first-order valence-electron chi connectivity index (χ1n) is 8.45. The van der Waals surface area contributed by atoms with Crippen molar-refractivity contribution in [2.45, 2.75) is 51.5 Å². The minimum Gasteiger partial charge on any atom is -0.396 e. The second kappa shape index (κ2) is 7.01. The highest BCUT2D eigenvalue weighted by atomic mass is 32.1. The van der Waals surface area contributed by atoms with Crippen molar-refractivity contribution in [2.24, 2.45) is 13.0 Å². The van der Waals surface area contributed by atoms with Gasteiger partial charge in [0.1, 0.15) is 4.83 Å². The van der Waals surface area contributed by atoms with Crippen LogP contribution < -0.4 is 5.32 Å². The van der Waals surface area contributed by atoms with Crippen molar-refractivity contribution in [2.75, 3.05) is 6.61 Å². The quantitative estimate of drug-likeness (QED) is 0.882. The Kier molecular flexibility index (Phi) is 5.02. The lowest BCUT2D eigenvalue weighted by Crippen LogP contribution is -2.41. The van der Waals surface area contributed by atoms with Gasteiger partial charge in [-0.05, 0) is 38.2 Å². The second-order valence-electron chi connectivity index (χ2n) is 6.53. The third-order valence-corrected chi connectivity index (χ3v) is 6.10. The number of aliphatic hydroxyl groups is 1. The Morgan fingerprint density at radius 3 is 2.87 bits per heavy atom. The van der Waals surface area contributed by atoms with Gasteiger partial charge in [0.25, 0.3) is 5.91 Å². The predicted molar refractivity (Wildman–Crippen MR) is 92.9 cm³/mol. The highest BCUT2D eigenvalue weighted by Gasteiger charge is 2.26. The number of carbonyl (C=O) groups excluding carboxylic acids is 1. The first-order chi connectivity index (χ1) is 11.1. The van der Waals surface area contributed by atoms with Gasteiger partial charge in [-0.2, -0.15) is 5.10 Å². The third kappa shape index (κ3) is 3.43. The maximum atomic E-state index is 12.7. The molecule has 126 valence electrons. The smallest absolute Gasteiger partial charge is 0.261 e. The number of thiophene rings is 1. The molecule has 3 rings (SSSR count). The van der Waals surface area contributed by atoms with E-state index in [9.17, 15) is 9.90 Å². The molecule has 2 heterocycles. The SMILES string of the molecule is Cc1nn(C)c2sc(C(=O)NC(CCO)C3CCCCC3)cc12. The van der Waals surface area contributed by atoms with E-state index in [2.05, 4.69) is 10.4 Å². The molecule has 1 atom stereocenters. The summed E-state index contributed by atoms with van der Waals surface area (Å²) in [5, 5.41) is 18.0. The van der Waals surface area contributed by atoms with Crippen molar-refractivity contribution in [3.8, 4) is 0 Å². The number of aliphatic hydroxyl groups excluding tert-OH is 1. The minimum absolute atomic E-state index is 0.0189. The summed E-state index contributed by atoms with van der Waals surface area (Å²) in [4.78, 5) is 14.4. The van der Waals surface area contributed by atoms with Crippen LogP contribution in [0, 0.1) is 12.8 Å². The Morgan fingerprint density at radius 1 is 1.48 bits per heavy atom. The zero-order valence-electron chi connectivity index (χ0n) is 13.8. The number of amides is 1. The molecule has 0 spiro atoms. The number of carbonyl (C=O) groups is 1. The molecule has 2 aromatic rings. The lowest BCUT2D eigenvalue weighted by molar-refractivity contribution is 0.0904. The number of hydrogen-bond acceptors (Lipinski definition) is 4. The molecule has 0 aliphatic heterocycles. The Labute approximate surface area is 140 Å². The lowest BCUT2D eigenvalue weighted by Gasteiger charge is -2.30. The second-order valence-corrected chi connectivity index (χ2v) is 7.56. The monoisotopic (exact) mass is 335 g/mol. The molecule has 2 N–H and O–H groups in total. The van der Waals surface area contributed by atoms with Crippen molar-refractivity contribution >= 4 is 27.5 Å². The van der Waals surface area contributed by atoms with Crippen LogP contribution in [0.1, 0.15) is 53.9 Å². The van der Waals surface area contributed by atoms with Crippen LogP contribution >= 0.6 is 11.3 Å². The molecule has 2 aromatic heterocycles. The first-order valence-corrected chi connectivity index (χ1v) is 9.26. The topological polar surface area (TPSA) is 67.2 Å². The van der Waals surface area contributed by atoms with Gasteiger partial charge < -0.3 is 10.4 Å². The molecule has 1 saturated carbocycles. The summed E-state index contributed by atoms with van der Waals surface area (Å²) in [6.45, 7) is 2.09. The molecule has 6 heteroatoms. The minimum atomic E-state index is -0.0189. The summed E-state index contributed by atoms with van der Waals surface area (Å²) < 4.78 is 1.83. The number of nitrogens with one attached hydrogen (secondary N) is 1. The maximum Gasteiger partial charge on any atom is 0.261 e. The summed E-state index contributed by atoms with van der Waals surface area (Å²) in [5.74, 6) is 0.479. The molecule has 5 nitrogen and oxygen atoms in total. The Hall–Kier alpha value is -1.40.